The van der Waals surface area contributed by atoms with E-state index >= 15 is 0 Å². The molecular formula is C17H19FN2O4. The molecule has 2 aromatic rings. The molecule has 0 saturated heterocycles. The fourth-order valence-electron chi connectivity index (χ4n) is 2.09. The van der Waals surface area contributed by atoms with Crippen LogP contribution >= 0.6 is 0 Å². The van der Waals surface area contributed by atoms with Crippen molar-refractivity contribution >= 4 is 11.9 Å². The lowest BCUT2D eigenvalue weighted by Crippen LogP contribution is -2.30. The Balaban J connectivity index is 2.19. The Bertz CT molecular complexity index is 732. The molecule has 1 aromatic heterocycles. The maximum atomic E-state index is 13.0. The zero-order valence-electron chi connectivity index (χ0n) is 13.7. The van der Waals surface area contributed by atoms with Crippen molar-refractivity contribution in [3.63, 3.8) is 0 Å². The Morgan fingerprint density at radius 3 is 2.42 bits per heavy atom. The van der Waals surface area contributed by atoms with E-state index in [2.05, 4.69) is 10.5 Å². The lowest BCUT2D eigenvalue weighted by molar-refractivity contribution is -0.137. The molecule has 1 amide bonds. The molecule has 1 heterocycles. The third kappa shape index (κ3) is 4.41. The number of carboxylic acid groups (broad SMARTS) is 1. The standard InChI is InChI=1S/C17H19FN2O4/c1-17(2,3)14-8-13(20-24-14)16(23)19-12(9-15(21)22)10-4-6-11(18)7-5-10/h4-8,12H,9H2,1-3H3,(H,19,23)(H,21,22)/t12-/m1/s1. The molecule has 0 saturated carbocycles. The fraction of sp³-hybridized carbons (Fsp3) is 0.353. The van der Waals surface area contributed by atoms with E-state index in [4.69, 9.17) is 9.63 Å². The molecule has 0 bridgehead atoms. The fourth-order valence-corrected chi connectivity index (χ4v) is 2.09. The van der Waals surface area contributed by atoms with Gasteiger partial charge in [-0.2, -0.15) is 0 Å². The number of halogens is 1. The molecular weight excluding hydrogens is 315 g/mol. The first kappa shape index (κ1) is 17.7. The molecule has 1 atom stereocenters. The zero-order valence-corrected chi connectivity index (χ0v) is 13.7. The number of nitrogens with zero attached hydrogens (tertiary/aromatic N) is 1. The molecule has 0 aliphatic rings. The Hall–Kier alpha value is -2.70. The van der Waals surface area contributed by atoms with Crippen LogP contribution in [0.3, 0.4) is 0 Å². The molecule has 24 heavy (non-hydrogen) atoms. The molecule has 7 heteroatoms. The molecule has 0 spiro atoms. The molecule has 0 fully saturated rings. The second kappa shape index (κ2) is 6.82. The summed E-state index contributed by atoms with van der Waals surface area (Å²) >= 11 is 0. The SMILES string of the molecule is CC(C)(C)c1cc(C(=O)N[C@H](CC(=O)O)c2ccc(F)cc2)no1. The van der Waals surface area contributed by atoms with Gasteiger partial charge in [-0.25, -0.2) is 4.39 Å². The first-order valence-corrected chi connectivity index (χ1v) is 7.42. The van der Waals surface area contributed by atoms with Crippen molar-refractivity contribution in [3.05, 3.63) is 53.2 Å². The molecule has 0 aliphatic carbocycles. The van der Waals surface area contributed by atoms with E-state index in [1.165, 1.54) is 30.3 Å². The average Bonchev–Trinajstić information content (AvgIpc) is 2.97. The summed E-state index contributed by atoms with van der Waals surface area (Å²) in [6, 6.07) is 6.02. The largest absolute Gasteiger partial charge is 0.481 e. The number of carbonyl (C=O) groups excluding carboxylic acids is 1. The predicted octanol–water partition coefficient (Wildman–Crippen LogP) is 3.06. The van der Waals surface area contributed by atoms with E-state index in [0.29, 0.717) is 11.3 Å². The van der Waals surface area contributed by atoms with Gasteiger partial charge >= 0.3 is 5.97 Å². The number of aliphatic carboxylic acids is 1. The first-order valence-electron chi connectivity index (χ1n) is 7.42. The number of hydrogen-bond acceptors (Lipinski definition) is 4. The van der Waals surface area contributed by atoms with E-state index in [9.17, 15) is 14.0 Å². The van der Waals surface area contributed by atoms with Gasteiger partial charge in [0.25, 0.3) is 5.91 Å². The van der Waals surface area contributed by atoms with Gasteiger partial charge < -0.3 is 14.9 Å². The van der Waals surface area contributed by atoms with Crippen LogP contribution in [0.1, 0.15) is 55.0 Å². The van der Waals surface area contributed by atoms with Crippen molar-refractivity contribution in [3.8, 4) is 0 Å². The van der Waals surface area contributed by atoms with E-state index in [1.54, 1.807) is 0 Å². The van der Waals surface area contributed by atoms with Gasteiger partial charge in [-0.15, -0.1) is 0 Å². The third-order valence-electron chi connectivity index (χ3n) is 3.44. The van der Waals surface area contributed by atoms with Gasteiger partial charge in [-0.3, -0.25) is 9.59 Å². The van der Waals surface area contributed by atoms with E-state index in [-0.39, 0.29) is 17.5 Å². The molecule has 0 radical (unpaired) electrons. The molecule has 6 nitrogen and oxygen atoms in total. The number of carboxylic acids is 1. The van der Waals surface area contributed by atoms with Gasteiger partial charge in [0.15, 0.2) is 5.69 Å². The summed E-state index contributed by atoms with van der Waals surface area (Å²) in [6.07, 6.45) is -0.332. The molecule has 128 valence electrons. The first-order chi connectivity index (χ1) is 11.2. The Labute approximate surface area is 138 Å². The quantitative estimate of drug-likeness (QED) is 0.876. The summed E-state index contributed by atoms with van der Waals surface area (Å²) in [7, 11) is 0. The normalized spacial score (nSPS) is 12.7. The van der Waals surface area contributed by atoms with Gasteiger partial charge in [0, 0.05) is 11.5 Å². The van der Waals surface area contributed by atoms with Crippen molar-refractivity contribution in [2.75, 3.05) is 0 Å². The topological polar surface area (TPSA) is 92.4 Å². The van der Waals surface area contributed by atoms with Gasteiger partial charge in [-0.05, 0) is 17.7 Å². The van der Waals surface area contributed by atoms with Crippen LogP contribution in [0.15, 0.2) is 34.9 Å². The van der Waals surface area contributed by atoms with E-state index in [0.717, 1.165) is 0 Å². The monoisotopic (exact) mass is 334 g/mol. The van der Waals surface area contributed by atoms with Crippen LogP contribution in [-0.4, -0.2) is 22.1 Å². The summed E-state index contributed by atoms with van der Waals surface area (Å²) in [4.78, 5) is 23.4. The lowest BCUT2D eigenvalue weighted by atomic mass is 9.93. The summed E-state index contributed by atoms with van der Waals surface area (Å²) in [5.74, 6) is -1.53. The number of amides is 1. The van der Waals surface area contributed by atoms with Crippen LogP contribution < -0.4 is 5.32 Å². The number of aromatic nitrogens is 1. The van der Waals surface area contributed by atoms with Crippen LogP contribution in [-0.2, 0) is 10.2 Å². The summed E-state index contributed by atoms with van der Waals surface area (Å²) in [6.45, 7) is 5.75. The Kier molecular flexibility index (Phi) is 5.02. The highest BCUT2D eigenvalue weighted by Gasteiger charge is 2.24. The molecule has 0 aliphatic heterocycles. The minimum atomic E-state index is -1.08. The number of rotatable bonds is 5. The summed E-state index contributed by atoms with van der Waals surface area (Å²) < 4.78 is 18.2. The molecule has 2 N–H and O–H groups in total. The lowest BCUT2D eigenvalue weighted by Gasteiger charge is -2.16. The smallest absolute Gasteiger partial charge is 0.305 e. The number of benzene rings is 1. The third-order valence-corrected chi connectivity index (χ3v) is 3.44. The zero-order chi connectivity index (χ0) is 17.9. The van der Waals surface area contributed by atoms with E-state index < -0.39 is 23.7 Å². The van der Waals surface area contributed by atoms with E-state index in [1.807, 2.05) is 20.8 Å². The van der Waals surface area contributed by atoms with Crippen LogP contribution in [0.25, 0.3) is 0 Å². The summed E-state index contributed by atoms with van der Waals surface area (Å²) in [5, 5.41) is 15.4. The highest BCUT2D eigenvalue weighted by Crippen LogP contribution is 2.23. The molecule has 0 unspecified atom stereocenters. The van der Waals surface area contributed by atoms with Gasteiger partial charge in [-0.1, -0.05) is 38.1 Å². The number of hydrogen-bond donors (Lipinski definition) is 2. The average molecular weight is 334 g/mol. The van der Waals surface area contributed by atoms with Gasteiger partial charge in [0.1, 0.15) is 11.6 Å². The maximum absolute atomic E-state index is 13.0. The van der Waals surface area contributed by atoms with Crippen molar-refractivity contribution in [1.82, 2.24) is 10.5 Å². The number of carbonyl (C=O) groups is 2. The van der Waals surface area contributed by atoms with Crippen LogP contribution in [0, 0.1) is 5.82 Å². The second-order valence-electron chi connectivity index (χ2n) is 6.50. The van der Waals surface area contributed by atoms with Crippen molar-refractivity contribution < 1.29 is 23.6 Å². The van der Waals surface area contributed by atoms with Crippen molar-refractivity contribution in [2.45, 2.75) is 38.6 Å². The summed E-state index contributed by atoms with van der Waals surface area (Å²) in [5.41, 5.74) is 0.257. The second-order valence-corrected chi connectivity index (χ2v) is 6.50. The van der Waals surface area contributed by atoms with Crippen molar-refractivity contribution in [2.24, 2.45) is 0 Å². The minimum Gasteiger partial charge on any atom is -0.481 e. The van der Waals surface area contributed by atoms with Gasteiger partial charge in [0.2, 0.25) is 0 Å². The van der Waals surface area contributed by atoms with Crippen LogP contribution in [0.2, 0.25) is 0 Å². The Morgan fingerprint density at radius 1 is 1.29 bits per heavy atom. The maximum Gasteiger partial charge on any atom is 0.305 e. The van der Waals surface area contributed by atoms with Crippen LogP contribution in [0.5, 0.6) is 0 Å². The number of nitrogens with one attached hydrogen (secondary N) is 1. The highest BCUT2D eigenvalue weighted by atomic mass is 19.1. The van der Waals surface area contributed by atoms with Crippen LogP contribution in [0.4, 0.5) is 4.39 Å². The Morgan fingerprint density at radius 2 is 1.92 bits per heavy atom. The van der Waals surface area contributed by atoms with Crippen molar-refractivity contribution in [1.29, 1.82) is 0 Å². The highest BCUT2D eigenvalue weighted by molar-refractivity contribution is 5.92. The minimum absolute atomic E-state index is 0.0671. The van der Waals surface area contributed by atoms with Gasteiger partial charge in [0.05, 0.1) is 12.5 Å². The predicted molar refractivity (Wildman–Crippen MR) is 84.1 cm³/mol. The molecule has 1 aromatic carbocycles. The molecule has 2 rings (SSSR count).